The molecule has 1 aromatic carbocycles. The Hall–Kier alpha value is -2.54. The van der Waals surface area contributed by atoms with Crippen LogP contribution in [0.1, 0.15) is 34.9 Å². The van der Waals surface area contributed by atoms with Gasteiger partial charge in [0.1, 0.15) is 22.3 Å². The van der Waals surface area contributed by atoms with Gasteiger partial charge in [-0.05, 0) is 45.4 Å². The number of aromatic nitrogens is 2. The Morgan fingerprint density at radius 2 is 1.88 bits per heavy atom. The number of hydrogen-bond acceptors (Lipinski definition) is 5. The van der Waals surface area contributed by atoms with Crippen LogP contribution in [0.5, 0.6) is 0 Å². The van der Waals surface area contributed by atoms with Gasteiger partial charge in [-0.2, -0.15) is 0 Å². The predicted octanol–water partition coefficient (Wildman–Crippen LogP) is 4.55. The fourth-order valence-electron chi connectivity index (χ4n) is 2.93. The lowest BCUT2D eigenvalue weighted by Gasteiger charge is -2.21. The number of rotatable bonds is 5. The van der Waals surface area contributed by atoms with Crippen LogP contribution in [0.15, 0.2) is 24.3 Å². The Balaban J connectivity index is 2.08. The molecule has 0 aliphatic rings. The third kappa shape index (κ3) is 3.26. The van der Waals surface area contributed by atoms with Gasteiger partial charge in [0.2, 0.25) is 0 Å². The van der Waals surface area contributed by atoms with Gasteiger partial charge in [-0.3, -0.25) is 4.79 Å². The van der Waals surface area contributed by atoms with E-state index in [0.717, 1.165) is 34.7 Å². The first-order chi connectivity index (χ1) is 12.5. The van der Waals surface area contributed by atoms with Gasteiger partial charge in [-0.1, -0.05) is 12.1 Å². The summed E-state index contributed by atoms with van der Waals surface area (Å²) in [5.74, 6) is 0.718. The molecule has 0 aliphatic carbocycles. The van der Waals surface area contributed by atoms with E-state index in [2.05, 4.69) is 34.0 Å². The molecule has 0 radical (unpaired) electrons. The van der Waals surface area contributed by atoms with E-state index in [-0.39, 0.29) is 11.6 Å². The highest BCUT2D eigenvalue weighted by atomic mass is 32.1. The molecule has 7 heteroatoms. The molecule has 3 rings (SSSR count). The molecule has 2 heterocycles. The predicted molar refractivity (Wildman–Crippen MR) is 105 cm³/mol. The molecule has 0 atom stereocenters. The van der Waals surface area contributed by atoms with E-state index in [0.29, 0.717) is 10.7 Å². The molecule has 5 nitrogen and oxygen atoms in total. The second kappa shape index (κ2) is 7.37. The number of fused-ring (bicyclic) bond motifs is 1. The van der Waals surface area contributed by atoms with Crippen molar-refractivity contribution < 1.29 is 9.18 Å². The highest BCUT2D eigenvalue weighted by Gasteiger charge is 2.22. The average molecular weight is 372 g/mol. The molecule has 0 unspecified atom stereocenters. The maximum absolute atomic E-state index is 13.8. The number of anilines is 2. The molecule has 0 bridgehead atoms. The van der Waals surface area contributed by atoms with E-state index in [9.17, 15) is 9.18 Å². The number of hydrogen-bond donors (Lipinski definition) is 1. The molecular formula is C19H21FN4OS. The summed E-state index contributed by atoms with van der Waals surface area (Å²) in [5, 5.41) is 3.55. The zero-order valence-electron chi connectivity index (χ0n) is 15.3. The quantitative estimate of drug-likeness (QED) is 0.714. The van der Waals surface area contributed by atoms with Crippen LogP contribution in [0.4, 0.5) is 15.9 Å². The highest BCUT2D eigenvalue weighted by molar-refractivity contribution is 7.20. The zero-order chi connectivity index (χ0) is 18.8. The van der Waals surface area contributed by atoms with E-state index >= 15 is 0 Å². The molecular weight excluding hydrogens is 351 g/mol. The SMILES string of the molecule is CCN(CC)c1nc(C)nc2sc(C(=O)Nc3ccccc3F)c(C)c12. The first-order valence-electron chi connectivity index (χ1n) is 8.54. The monoisotopic (exact) mass is 372 g/mol. The summed E-state index contributed by atoms with van der Waals surface area (Å²) in [6, 6.07) is 6.13. The van der Waals surface area contributed by atoms with Crippen LogP contribution in [0.3, 0.4) is 0 Å². The largest absolute Gasteiger partial charge is 0.357 e. The van der Waals surface area contributed by atoms with Crippen molar-refractivity contribution >= 4 is 39.0 Å². The molecule has 2 aromatic heterocycles. The Morgan fingerprint density at radius 1 is 1.19 bits per heavy atom. The van der Waals surface area contributed by atoms with Gasteiger partial charge < -0.3 is 10.2 Å². The third-order valence-electron chi connectivity index (χ3n) is 4.27. The standard InChI is InChI=1S/C19H21FN4OS/c1-5-24(6-2)17-15-11(3)16(26-19(15)22-12(4)21-17)18(25)23-14-10-8-7-9-13(14)20/h7-10H,5-6H2,1-4H3,(H,23,25). The number of para-hydroxylation sites is 1. The lowest BCUT2D eigenvalue weighted by molar-refractivity contribution is 0.102. The van der Waals surface area contributed by atoms with E-state index in [1.165, 1.54) is 17.4 Å². The van der Waals surface area contributed by atoms with E-state index in [4.69, 9.17) is 0 Å². The van der Waals surface area contributed by atoms with Gasteiger partial charge in [0, 0.05) is 13.1 Å². The lowest BCUT2D eigenvalue weighted by Crippen LogP contribution is -2.23. The molecule has 0 fully saturated rings. The first kappa shape index (κ1) is 18.3. The average Bonchev–Trinajstić information content (AvgIpc) is 2.94. The topological polar surface area (TPSA) is 58.1 Å². The van der Waals surface area contributed by atoms with Crippen molar-refractivity contribution in [1.82, 2.24) is 9.97 Å². The van der Waals surface area contributed by atoms with Crippen molar-refractivity contribution in [3.05, 3.63) is 46.3 Å². The Kier molecular flexibility index (Phi) is 5.18. The van der Waals surface area contributed by atoms with E-state index in [1.54, 1.807) is 18.2 Å². The molecule has 0 saturated carbocycles. The Labute approximate surface area is 155 Å². The van der Waals surface area contributed by atoms with Crippen LogP contribution < -0.4 is 10.2 Å². The van der Waals surface area contributed by atoms with Crippen LogP contribution in [-0.4, -0.2) is 29.0 Å². The summed E-state index contributed by atoms with van der Waals surface area (Å²) in [4.78, 5) is 25.3. The van der Waals surface area contributed by atoms with Gasteiger partial charge in [-0.25, -0.2) is 14.4 Å². The molecule has 0 spiro atoms. The minimum atomic E-state index is -0.459. The van der Waals surface area contributed by atoms with Crippen LogP contribution in [0.25, 0.3) is 10.2 Å². The van der Waals surface area contributed by atoms with Gasteiger partial charge >= 0.3 is 0 Å². The molecule has 0 aliphatic heterocycles. The molecule has 1 amide bonds. The number of aryl methyl sites for hydroxylation is 2. The van der Waals surface area contributed by atoms with Crippen LogP contribution in [-0.2, 0) is 0 Å². The minimum Gasteiger partial charge on any atom is -0.357 e. The highest BCUT2D eigenvalue weighted by Crippen LogP contribution is 2.36. The maximum Gasteiger partial charge on any atom is 0.266 e. The number of thiophene rings is 1. The number of halogens is 1. The number of benzene rings is 1. The number of carbonyl (C=O) groups is 1. The van der Waals surface area contributed by atoms with Gasteiger partial charge in [0.15, 0.2) is 0 Å². The van der Waals surface area contributed by atoms with Crippen molar-refractivity contribution in [2.75, 3.05) is 23.3 Å². The van der Waals surface area contributed by atoms with Crippen molar-refractivity contribution in [2.45, 2.75) is 27.7 Å². The molecule has 136 valence electrons. The van der Waals surface area contributed by atoms with Crippen molar-refractivity contribution in [2.24, 2.45) is 0 Å². The summed E-state index contributed by atoms with van der Waals surface area (Å²) in [6.45, 7) is 9.50. The van der Waals surface area contributed by atoms with E-state index < -0.39 is 5.82 Å². The lowest BCUT2D eigenvalue weighted by atomic mass is 10.1. The number of amides is 1. The fourth-order valence-corrected chi connectivity index (χ4v) is 4.05. The van der Waals surface area contributed by atoms with Crippen molar-refractivity contribution in [3.63, 3.8) is 0 Å². The van der Waals surface area contributed by atoms with E-state index in [1.807, 2.05) is 13.8 Å². The van der Waals surface area contributed by atoms with Crippen molar-refractivity contribution in [1.29, 1.82) is 0 Å². The molecule has 3 aromatic rings. The Bertz CT molecular complexity index is 966. The van der Waals surface area contributed by atoms with Gasteiger partial charge in [0.05, 0.1) is 16.0 Å². The van der Waals surface area contributed by atoms with Crippen LogP contribution in [0.2, 0.25) is 0 Å². The second-order valence-electron chi connectivity index (χ2n) is 5.94. The normalized spacial score (nSPS) is 11.0. The summed E-state index contributed by atoms with van der Waals surface area (Å²) >= 11 is 1.31. The van der Waals surface area contributed by atoms with Gasteiger partial charge in [0.25, 0.3) is 5.91 Å². The third-order valence-corrected chi connectivity index (χ3v) is 5.46. The Morgan fingerprint density at radius 3 is 2.54 bits per heavy atom. The first-order valence-corrected chi connectivity index (χ1v) is 9.36. The smallest absolute Gasteiger partial charge is 0.266 e. The summed E-state index contributed by atoms with van der Waals surface area (Å²) < 4.78 is 13.8. The molecule has 1 N–H and O–H groups in total. The summed E-state index contributed by atoms with van der Waals surface area (Å²) in [7, 11) is 0. The molecule has 0 saturated heterocycles. The van der Waals surface area contributed by atoms with Crippen LogP contribution in [0, 0.1) is 19.7 Å². The maximum atomic E-state index is 13.8. The number of nitrogens with one attached hydrogen (secondary N) is 1. The fraction of sp³-hybridized carbons (Fsp3) is 0.316. The minimum absolute atomic E-state index is 0.167. The summed E-state index contributed by atoms with van der Waals surface area (Å²) in [6.07, 6.45) is 0. The summed E-state index contributed by atoms with van der Waals surface area (Å²) in [5.41, 5.74) is 0.987. The number of nitrogens with zero attached hydrogens (tertiary/aromatic N) is 3. The molecule has 26 heavy (non-hydrogen) atoms. The van der Waals surface area contributed by atoms with Crippen molar-refractivity contribution in [3.8, 4) is 0 Å². The van der Waals surface area contributed by atoms with Gasteiger partial charge in [-0.15, -0.1) is 11.3 Å². The van der Waals surface area contributed by atoms with Crippen LogP contribution >= 0.6 is 11.3 Å². The number of carbonyl (C=O) groups excluding carboxylic acids is 1. The zero-order valence-corrected chi connectivity index (χ0v) is 16.1. The second-order valence-corrected chi connectivity index (χ2v) is 6.94.